The molecule has 1 aromatic carbocycles. The van der Waals surface area contributed by atoms with Crippen molar-refractivity contribution in [3.63, 3.8) is 0 Å². The van der Waals surface area contributed by atoms with Crippen LogP contribution in [0.3, 0.4) is 0 Å². The summed E-state index contributed by atoms with van der Waals surface area (Å²) in [5.41, 5.74) is 7.48. The molecule has 5 rings (SSSR count). The van der Waals surface area contributed by atoms with Crippen molar-refractivity contribution in [3.8, 4) is 5.75 Å². The van der Waals surface area contributed by atoms with E-state index in [1.807, 2.05) is 10.6 Å². The van der Waals surface area contributed by atoms with Gasteiger partial charge in [0.1, 0.15) is 5.56 Å². The van der Waals surface area contributed by atoms with Crippen LogP contribution in [-0.4, -0.2) is 41.4 Å². The Morgan fingerprint density at radius 3 is 2.54 bits per heavy atom. The molecule has 3 aliphatic rings. The quantitative estimate of drug-likeness (QED) is 0.841. The first-order valence-electron chi connectivity index (χ1n) is 9.81. The first-order chi connectivity index (χ1) is 13.3. The molecule has 2 aliphatic carbocycles. The minimum absolute atomic E-state index is 0.163. The first kappa shape index (κ1) is 17.6. The van der Waals surface area contributed by atoms with Gasteiger partial charge in [0.2, 0.25) is 5.43 Å². The van der Waals surface area contributed by atoms with Gasteiger partial charge in [0.05, 0.1) is 23.7 Å². The summed E-state index contributed by atoms with van der Waals surface area (Å²) in [5.74, 6) is -0.564. The van der Waals surface area contributed by atoms with Crippen LogP contribution in [0.1, 0.15) is 49.0 Å². The van der Waals surface area contributed by atoms with Gasteiger partial charge in [-0.1, -0.05) is 0 Å². The summed E-state index contributed by atoms with van der Waals surface area (Å²) in [5, 5.41) is 9.85. The molecule has 0 bridgehead atoms. The number of methoxy groups -OCH3 is 1. The first-order valence-corrected chi connectivity index (χ1v) is 9.81. The maximum absolute atomic E-state index is 12.8. The van der Waals surface area contributed by atoms with E-state index in [0.717, 1.165) is 44.5 Å². The molecule has 2 aromatic rings. The smallest absolute Gasteiger partial charge is 0.341 e. The zero-order valence-electron chi connectivity index (χ0n) is 16.2. The van der Waals surface area contributed by atoms with E-state index in [1.54, 1.807) is 13.2 Å². The molecule has 2 heterocycles. The highest BCUT2D eigenvalue weighted by atomic mass is 16.5. The van der Waals surface area contributed by atoms with Gasteiger partial charge in [-0.05, 0) is 44.7 Å². The molecule has 0 unspecified atom stereocenters. The Labute approximate surface area is 162 Å². The number of nitrogens with two attached hydrogens (primary N) is 1. The number of carbonyl (C=O) groups is 1. The zero-order chi connectivity index (χ0) is 19.8. The van der Waals surface area contributed by atoms with Crippen LogP contribution in [0.4, 0.5) is 5.69 Å². The van der Waals surface area contributed by atoms with Gasteiger partial charge < -0.3 is 25.0 Å². The summed E-state index contributed by atoms with van der Waals surface area (Å²) in [6.07, 6.45) is 5.70. The fourth-order valence-electron chi connectivity index (χ4n) is 4.87. The summed E-state index contributed by atoms with van der Waals surface area (Å²) >= 11 is 0. The van der Waals surface area contributed by atoms with E-state index in [2.05, 4.69) is 11.8 Å². The number of anilines is 1. The van der Waals surface area contributed by atoms with Crippen LogP contribution in [0, 0.1) is 5.41 Å². The number of aromatic nitrogens is 1. The predicted octanol–water partition coefficient (Wildman–Crippen LogP) is 2.36. The summed E-state index contributed by atoms with van der Waals surface area (Å²) in [4.78, 5) is 26.6. The molecular formula is C21H25N3O4. The second-order valence-corrected chi connectivity index (χ2v) is 8.88. The van der Waals surface area contributed by atoms with Crippen molar-refractivity contribution in [3.05, 3.63) is 34.1 Å². The number of hydrogen-bond donors (Lipinski definition) is 2. The number of carboxylic acid groups (broad SMARTS) is 1. The van der Waals surface area contributed by atoms with Gasteiger partial charge >= 0.3 is 5.97 Å². The zero-order valence-corrected chi connectivity index (χ0v) is 16.2. The van der Waals surface area contributed by atoms with Crippen molar-refractivity contribution in [2.45, 2.75) is 44.2 Å². The average molecular weight is 383 g/mol. The largest absolute Gasteiger partial charge is 0.492 e. The Kier molecular flexibility index (Phi) is 3.45. The highest BCUT2D eigenvalue weighted by Gasteiger charge is 2.60. The fourth-order valence-corrected chi connectivity index (χ4v) is 4.87. The van der Waals surface area contributed by atoms with Crippen molar-refractivity contribution < 1.29 is 14.6 Å². The Bertz CT molecular complexity index is 1060. The molecule has 1 atom stereocenters. The number of carboxylic acids is 1. The molecule has 2 saturated carbocycles. The van der Waals surface area contributed by atoms with Crippen LogP contribution >= 0.6 is 0 Å². The molecule has 7 heteroatoms. The third-order valence-electron chi connectivity index (χ3n) is 6.92. The van der Waals surface area contributed by atoms with E-state index in [-0.39, 0.29) is 22.6 Å². The third kappa shape index (κ3) is 2.32. The van der Waals surface area contributed by atoms with E-state index < -0.39 is 11.4 Å². The Morgan fingerprint density at radius 1 is 1.29 bits per heavy atom. The van der Waals surface area contributed by atoms with E-state index >= 15 is 0 Å². The van der Waals surface area contributed by atoms with E-state index in [9.17, 15) is 14.7 Å². The number of aromatic carboxylic acids is 1. The predicted molar refractivity (Wildman–Crippen MR) is 106 cm³/mol. The highest BCUT2D eigenvalue weighted by Crippen LogP contribution is 2.58. The van der Waals surface area contributed by atoms with E-state index in [4.69, 9.17) is 10.5 Å². The monoisotopic (exact) mass is 383 g/mol. The van der Waals surface area contributed by atoms with Crippen molar-refractivity contribution in [1.29, 1.82) is 0 Å². The van der Waals surface area contributed by atoms with Crippen molar-refractivity contribution in [2.24, 2.45) is 11.1 Å². The number of fused-ring (bicyclic) bond motifs is 1. The summed E-state index contributed by atoms with van der Waals surface area (Å²) in [6, 6.07) is 3.83. The molecular weight excluding hydrogens is 358 g/mol. The number of benzene rings is 1. The van der Waals surface area contributed by atoms with Crippen LogP contribution < -0.4 is 20.8 Å². The lowest BCUT2D eigenvalue weighted by molar-refractivity contribution is 0.0695. The Balaban J connectivity index is 1.73. The molecule has 3 N–H and O–H groups in total. The van der Waals surface area contributed by atoms with Gasteiger partial charge in [-0.2, -0.15) is 0 Å². The topological polar surface area (TPSA) is 97.8 Å². The van der Waals surface area contributed by atoms with Gasteiger partial charge in [0, 0.05) is 36.3 Å². The van der Waals surface area contributed by atoms with Crippen molar-refractivity contribution in [1.82, 2.24) is 4.57 Å². The molecule has 28 heavy (non-hydrogen) atoms. The standard InChI is InChI=1S/C21H25N3O4/c1-20(22)10-23(11-21(20)7-8-21)15-6-5-13-16(18(15)28-2)24(12-3-4-12)9-14(17(13)25)19(26)27/h5-6,9,12H,3-4,7-8,10-11,22H2,1-2H3,(H,26,27)/t20-/m1/s1. The van der Waals surface area contributed by atoms with Crippen molar-refractivity contribution >= 4 is 22.6 Å². The Hall–Kier alpha value is -2.54. The van der Waals surface area contributed by atoms with Gasteiger partial charge in [0.25, 0.3) is 0 Å². The molecule has 1 saturated heterocycles. The lowest BCUT2D eigenvalue weighted by Crippen LogP contribution is -2.45. The van der Waals surface area contributed by atoms with Gasteiger partial charge in [-0.15, -0.1) is 0 Å². The molecule has 148 valence electrons. The molecule has 1 aromatic heterocycles. The van der Waals surface area contributed by atoms with Crippen LogP contribution in [0.2, 0.25) is 0 Å². The number of ether oxygens (including phenoxy) is 1. The minimum atomic E-state index is -1.20. The van der Waals surface area contributed by atoms with Crippen molar-refractivity contribution in [2.75, 3.05) is 25.1 Å². The SMILES string of the molecule is COc1c(N2CC3(CC3)[C@](C)(N)C2)ccc2c(=O)c(C(=O)O)cn(C3CC3)c12. The van der Waals surface area contributed by atoms with E-state index in [0.29, 0.717) is 16.7 Å². The number of nitrogens with zero attached hydrogens (tertiary/aromatic N) is 2. The number of pyridine rings is 1. The third-order valence-corrected chi connectivity index (χ3v) is 6.92. The van der Waals surface area contributed by atoms with Crippen LogP contribution in [0.5, 0.6) is 5.75 Å². The van der Waals surface area contributed by atoms with Gasteiger partial charge in [0.15, 0.2) is 5.75 Å². The summed E-state index contributed by atoms with van der Waals surface area (Å²) in [7, 11) is 1.61. The molecule has 1 spiro atoms. The average Bonchev–Trinajstić information content (AvgIpc) is 3.54. The second-order valence-electron chi connectivity index (χ2n) is 8.88. The Morgan fingerprint density at radius 2 is 2.00 bits per heavy atom. The minimum Gasteiger partial charge on any atom is -0.492 e. The molecule has 3 fully saturated rings. The number of rotatable bonds is 4. The molecule has 0 amide bonds. The van der Waals surface area contributed by atoms with Crippen LogP contribution in [0.15, 0.2) is 23.1 Å². The maximum atomic E-state index is 12.8. The molecule has 7 nitrogen and oxygen atoms in total. The van der Waals surface area contributed by atoms with Crippen LogP contribution in [-0.2, 0) is 0 Å². The summed E-state index contributed by atoms with van der Waals surface area (Å²) < 4.78 is 7.74. The molecule has 1 aliphatic heterocycles. The van der Waals surface area contributed by atoms with Gasteiger partial charge in [-0.3, -0.25) is 4.79 Å². The highest BCUT2D eigenvalue weighted by molar-refractivity contribution is 5.97. The van der Waals surface area contributed by atoms with Gasteiger partial charge in [-0.25, -0.2) is 4.79 Å². The van der Waals surface area contributed by atoms with E-state index in [1.165, 1.54) is 6.20 Å². The molecule has 0 radical (unpaired) electrons. The number of hydrogen-bond acceptors (Lipinski definition) is 5. The normalized spacial score (nSPS) is 25.5. The lowest BCUT2D eigenvalue weighted by Gasteiger charge is -2.26. The van der Waals surface area contributed by atoms with Crippen LogP contribution in [0.25, 0.3) is 10.9 Å². The maximum Gasteiger partial charge on any atom is 0.341 e. The summed E-state index contributed by atoms with van der Waals surface area (Å²) in [6.45, 7) is 3.73. The second kappa shape index (κ2) is 5.50. The lowest BCUT2D eigenvalue weighted by atomic mass is 9.87. The fraction of sp³-hybridized carbons (Fsp3) is 0.524.